The Labute approximate surface area is 118 Å². The molecule has 19 heavy (non-hydrogen) atoms. The highest BCUT2D eigenvalue weighted by molar-refractivity contribution is 5.40. The molecule has 1 heterocycles. The summed E-state index contributed by atoms with van der Waals surface area (Å²) >= 11 is 0. The number of hydrogen-bond acceptors (Lipinski definition) is 2. The highest BCUT2D eigenvalue weighted by Crippen LogP contribution is 2.36. The van der Waals surface area contributed by atoms with Crippen LogP contribution in [0.5, 0.6) is 0 Å². The second kappa shape index (κ2) is 6.42. The van der Waals surface area contributed by atoms with Gasteiger partial charge in [-0.15, -0.1) is 0 Å². The number of rotatable bonds is 6. The van der Waals surface area contributed by atoms with E-state index < -0.39 is 0 Å². The average molecular weight is 260 g/mol. The average Bonchev–Trinajstić information content (AvgIpc) is 2.83. The zero-order valence-corrected chi connectivity index (χ0v) is 12.5. The third-order valence-corrected chi connectivity index (χ3v) is 4.91. The largest absolute Gasteiger partial charge is 0.399 e. The summed E-state index contributed by atoms with van der Waals surface area (Å²) in [6.07, 6.45) is 6.43. The third kappa shape index (κ3) is 3.73. The van der Waals surface area contributed by atoms with Gasteiger partial charge in [-0.05, 0) is 68.3 Å². The molecule has 0 aromatic heterocycles. The Morgan fingerprint density at radius 2 is 2.05 bits per heavy atom. The Hall–Kier alpha value is -1.02. The van der Waals surface area contributed by atoms with Gasteiger partial charge in [0.25, 0.3) is 0 Å². The maximum absolute atomic E-state index is 5.81. The summed E-state index contributed by atoms with van der Waals surface area (Å²) in [6.45, 7) is 8.52. The van der Waals surface area contributed by atoms with E-state index >= 15 is 0 Å². The fourth-order valence-electron chi connectivity index (χ4n) is 3.30. The summed E-state index contributed by atoms with van der Waals surface area (Å²) in [5, 5.41) is 0. The summed E-state index contributed by atoms with van der Waals surface area (Å²) in [4.78, 5) is 2.65. The fourth-order valence-corrected chi connectivity index (χ4v) is 3.30. The second-order valence-electron chi connectivity index (χ2n) is 6.08. The normalized spacial score (nSPS) is 18.8. The first-order chi connectivity index (χ1) is 9.17. The molecule has 0 saturated carbocycles. The van der Waals surface area contributed by atoms with Crippen molar-refractivity contribution in [3.63, 3.8) is 0 Å². The molecular formula is C17H28N2. The fraction of sp³-hybridized carbons (Fsp3) is 0.647. The molecule has 0 spiro atoms. The molecule has 1 saturated heterocycles. The zero-order valence-electron chi connectivity index (χ0n) is 12.5. The number of benzene rings is 1. The molecule has 2 heteroatoms. The van der Waals surface area contributed by atoms with Crippen LogP contribution in [0.1, 0.15) is 45.1 Å². The van der Waals surface area contributed by atoms with Gasteiger partial charge >= 0.3 is 0 Å². The Balaban J connectivity index is 1.75. The maximum atomic E-state index is 5.81. The van der Waals surface area contributed by atoms with Crippen LogP contribution in [0.25, 0.3) is 0 Å². The van der Waals surface area contributed by atoms with Gasteiger partial charge in [0.05, 0.1) is 0 Å². The molecule has 0 bridgehead atoms. The number of likely N-dealkylation sites (tertiary alicyclic amines) is 1. The van der Waals surface area contributed by atoms with E-state index in [1.165, 1.54) is 50.9 Å². The molecule has 2 rings (SSSR count). The Morgan fingerprint density at radius 1 is 1.26 bits per heavy atom. The van der Waals surface area contributed by atoms with Crippen LogP contribution in [0, 0.1) is 5.41 Å². The van der Waals surface area contributed by atoms with Gasteiger partial charge in [-0.3, -0.25) is 0 Å². The van der Waals surface area contributed by atoms with Crippen LogP contribution >= 0.6 is 0 Å². The molecule has 0 aliphatic carbocycles. The van der Waals surface area contributed by atoms with E-state index in [-0.39, 0.29) is 0 Å². The van der Waals surface area contributed by atoms with Crippen molar-refractivity contribution in [1.29, 1.82) is 0 Å². The quantitative estimate of drug-likeness (QED) is 0.790. The van der Waals surface area contributed by atoms with Crippen molar-refractivity contribution in [3.05, 3.63) is 29.8 Å². The zero-order chi connectivity index (χ0) is 13.7. The first kappa shape index (κ1) is 14.4. The summed E-state index contributed by atoms with van der Waals surface area (Å²) < 4.78 is 0. The van der Waals surface area contributed by atoms with Crippen molar-refractivity contribution in [2.24, 2.45) is 5.41 Å². The van der Waals surface area contributed by atoms with E-state index in [1.807, 2.05) is 6.07 Å². The molecule has 106 valence electrons. The lowest BCUT2D eigenvalue weighted by Crippen LogP contribution is -2.27. The number of nitrogen functional groups attached to an aromatic ring is 1. The Bertz CT molecular complexity index is 396. The summed E-state index contributed by atoms with van der Waals surface area (Å²) in [5.41, 5.74) is 8.68. The van der Waals surface area contributed by atoms with Gasteiger partial charge < -0.3 is 10.6 Å². The predicted octanol–water partition coefficient (Wildman–Crippen LogP) is 3.71. The van der Waals surface area contributed by atoms with Crippen LogP contribution < -0.4 is 5.73 Å². The van der Waals surface area contributed by atoms with Gasteiger partial charge in [0, 0.05) is 12.2 Å². The molecule has 2 N–H and O–H groups in total. The van der Waals surface area contributed by atoms with Crippen LogP contribution in [0.15, 0.2) is 24.3 Å². The van der Waals surface area contributed by atoms with Crippen molar-refractivity contribution in [2.75, 3.05) is 25.4 Å². The smallest absolute Gasteiger partial charge is 0.0316 e. The van der Waals surface area contributed by atoms with E-state index in [4.69, 9.17) is 5.73 Å². The molecule has 0 amide bonds. The summed E-state index contributed by atoms with van der Waals surface area (Å²) in [5.74, 6) is 0. The van der Waals surface area contributed by atoms with E-state index in [9.17, 15) is 0 Å². The Kier molecular flexibility index (Phi) is 4.87. The lowest BCUT2D eigenvalue weighted by molar-refractivity contribution is 0.239. The van der Waals surface area contributed by atoms with E-state index in [1.54, 1.807) is 0 Å². The molecule has 2 nitrogen and oxygen atoms in total. The third-order valence-electron chi connectivity index (χ3n) is 4.91. The second-order valence-corrected chi connectivity index (χ2v) is 6.08. The summed E-state index contributed by atoms with van der Waals surface area (Å²) in [7, 11) is 0. The van der Waals surface area contributed by atoms with Crippen molar-refractivity contribution in [2.45, 2.75) is 46.0 Å². The van der Waals surface area contributed by atoms with Crippen molar-refractivity contribution >= 4 is 5.69 Å². The van der Waals surface area contributed by atoms with Gasteiger partial charge in [-0.2, -0.15) is 0 Å². The molecule has 0 unspecified atom stereocenters. The van der Waals surface area contributed by atoms with Gasteiger partial charge in [0.1, 0.15) is 0 Å². The molecule has 0 radical (unpaired) electrons. The molecule has 1 aliphatic rings. The number of nitrogens with two attached hydrogens (primary N) is 1. The first-order valence-corrected chi connectivity index (χ1v) is 7.74. The molecule has 1 aromatic carbocycles. The van der Waals surface area contributed by atoms with Gasteiger partial charge in [-0.25, -0.2) is 0 Å². The van der Waals surface area contributed by atoms with Gasteiger partial charge in [0.15, 0.2) is 0 Å². The minimum Gasteiger partial charge on any atom is -0.399 e. The van der Waals surface area contributed by atoms with E-state index in [2.05, 4.69) is 36.9 Å². The van der Waals surface area contributed by atoms with Crippen LogP contribution in [0.3, 0.4) is 0 Å². The molecule has 1 aliphatic heterocycles. The maximum Gasteiger partial charge on any atom is 0.0316 e. The van der Waals surface area contributed by atoms with Crippen molar-refractivity contribution in [3.8, 4) is 0 Å². The highest BCUT2D eigenvalue weighted by atomic mass is 15.2. The minimum atomic E-state index is 0.608. The molecule has 1 fully saturated rings. The van der Waals surface area contributed by atoms with E-state index in [0.717, 1.165) is 12.1 Å². The molecular weight excluding hydrogens is 232 g/mol. The lowest BCUT2D eigenvalue weighted by Gasteiger charge is -2.26. The standard InChI is InChI=1S/C17H28N2/c1-3-17(4-2)10-12-19(14-17)11-6-8-15-7-5-9-16(18)13-15/h5,7,9,13H,3-4,6,8,10-12,14,18H2,1-2H3. The number of hydrogen-bond donors (Lipinski definition) is 1. The number of anilines is 1. The monoisotopic (exact) mass is 260 g/mol. The van der Waals surface area contributed by atoms with Crippen LogP contribution in [0.2, 0.25) is 0 Å². The van der Waals surface area contributed by atoms with Crippen molar-refractivity contribution < 1.29 is 0 Å². The van der Waals surface area contributed by atoms with Crippen molar-refractivity contribution in [1.82, 2.24) is 4.90 Å². The van der Waals surface area contributed by atoms with E-state index in [0.29, 0.717) is 5.41 Å². The SMILES string of the molecule is CCC1(CC)CCN(CCCc2cccc(N)c2)C1. The van der Waals surface area contributed by atoms with Crippen LogP contribution in [0.4, 0.5) is 5.69 Å². The van der Waals surface area contributed by atoms with Gasteiger partial charge in [-0.1, -0.05) is 26.0 Å². The minimum absolute atomic E-state index is 0.608. The van der Waals surface area contributed by atoms with Crippen LogP contribution in [-0.4, -0.2) is 24.5 Å². The Morgan fingerprint density at radius 3 is 2.68 bits per heavy atom. The van der Waals surface area contributed by atoms with Crippen LogP contribution in [-0.2, 0) is 6.42 Å². The summed E-state index contributed by atoms with van der Waals surface area (Å²) in [6, 6.07) is 8.30. The first-order valence-electron chi connectivity index (χ1n) is 7.74. The predicted molar refractivity (Wildman–Crippen MR) is 83.2 cm³/mol. The molecule has 1 aromatic rings. The lowest BCUT2D eigenvalue weighted by atomic mass is 9.82. The molecule has 0 atom stereocenters. The number of nitrogens with zero attached hydrogens (tertiary/aromatic N) is 1. The highest BCUT2D eigenvalue weighted by Gasteiger charge is 2.34. The number of aryl methyl sites for hydroxylation is 1. The van der Waals surface area contributed by atoms with Gasteiger partial charge in [0.2, 0.25) is 0 Å². The topological polar surface area (TPSA) is 29.3 Å².